The second-order valence-electron chi connectivity index (χ2n) is 6.22. The van der Waals surface area contributed by atoms with Gasteiger partial charge in [0.15, 0.2) is 0 Å². The van der Waals surface area contributed by atoms with Crippen molar-refractivity contribution in [3.8, 4) is 0 Å². The van der Waals surface area contributed by atoms with E-state index in [0.29, 0.717) is 6.04 Å². The normalized spacial score (nSPS) is 21.9. The van der Waals surface area contributed by atoms with Gasteiger partial charge in [-0.3, -0.25) is 0 Å². The summed E-state index contributed by atoms with van der Waals surface area (Å²) in [4.78, 5) is 11.3. The molecule has 1 aliphatic carbocycles. The van der Waals surface area contributed by atoms with Gasteiger partial charge in [-0.15, -0.1) is 0 Å². The molecule has 1 aromatic rings. The molecule has 0 bridgehead atoms. The first-order valence-electron chi connectivity index (χ1n) is 7.95. The van der Waals surface area contributed by atoms with Crippen molar-refractivity contribution in [2.75, 3.05) is 17.7 Å². The molecule has 2 amide bonds. The fourth-order valence-electron chi connectivity index (χ4n) is 3.19. The lowest BCUT2D eigenvalue weighted by Gasteiger charge is -2.35. The number of benzene rings is 1. The Hall–Kier alpha value is -1.71. The number of urea groups is 1. The van der Waals surface area contributed by atoms with Crippen LogP contribution in [0.5, 0.6) is 0 Å². The molecule has 1 aromatic carbocycles. The molecular weight excluding hydrogens is 262 g/mol. The molecule has 116 valence electrons. The molecule has 2 atom stereocenters. The highest BCUT2D eigenvalue weighted by atomic mass is 16.2. The first kappa shape index (κ1) is 15.7. The van der Waals surface area contributed by atoms with Gasteiger partial charge in [0.25, 0.3) is 0 Å². The van der Waals surface area contributed by atoms with Crippen LogP contribution in [-0.2, 0) is 0 Å². The number of amides is 2. The number of hydrogen-bond donors (Lipinski definition) is 3. The van der Waals surface area contributed by atoms with E-state index >= 15 is 0 Å². The molecule has 0 spiro atoms. The van der Waals surface area contributed by atoms with Crippen molar-refractivity contribution < 1.29 is 4.79 Å². The second-order valence-corrected chi connectivity index (χ2v) is 6.22. The minimum Gasteiger partial charge on any atom is -0.382 e. The van der Waals surface area contributed by atoms with E-state index in [9.17, 15) is 4.79 Å². The van der Waals surface area contributed by atoms with E-state index in [1.54, 1.807) is 7.05 Å². The van der Waals surface area contributed by atoms with E-state index in [4.69, 9.17) is 0 Å². The van der Waals surface area contributed by atoms with E-state index < -0.39 is 0 Å². The quantitative estimate of drug-likeness (QED) is 0.782. The fraction of sp³-hybridized carbons (Fsp3) is 0.588. The zero-order valence-corrected chi connectivity index (χ0v) is 13.3. The van der Waals surface area contributed by atoms with E-state index in [2.05, 4.69) is 29.8 Å². The van der Waals surface area contributed by atoms with Gasteiger partial charge in [-0.1, -0.05) is 26.7 Å². The van der Waals surface area contributed by atoms with Crippen molar-refractivity contribution in [1.29, 1.82) is 0 Å². The van der Waals surface area contributed by atoms with Crippen LogP contribution < -0.4 is 16.0 Å². The molecule has 0 saturated heterocycles. The predicted molar refractivity (Wildman–Crippen MR) is 88.7 cm³/mol. The SMILES string of the molecule is CNC(=O)Nc1ccc(NC2CCCCC2C(C)C)cc1. The summed E-state index contributed by atoms with van der Waals surface area (Å²) < 4.78 is 0. The summed E-state index contributed by atoms with van der Waals surface area (Å²) in [5, 5.41) is 9.00. The van der Waals surface area contributed by atoms with E-state index in [1.807, 2.05) is 24.3 Å². The van der Waals surface area contributed by atoms with Gasteiger partial charge in [0.1, 0.15) is 0 Å². The molecule has 2 rings (SSSR count). The van der Waals surface area contributed by atoms with Gasteiger partial charge in [0.2, 0.25) is 0 Å². The first-order valence-corrected chi connectivity index (χ1v) is 7.95. The first-order chi connectivity index (χ1) is 10.1. The average molecular weight is 289 g/mol. The molecule has 0 aliphatic heterocycles. The Balaban J connectivity index is 1.97. The van der Waals surface area contributed by atoms with E-state index in [-0.39, 0.29) is 6.03 Å². The Bertz CT molecular complexity index is 456. The van der Waals surface area contributed by atoms with Crippen molar-refractivity contribution in [3.63, 3.8) is 0 Å². The highest BCUT2D eigenvalue weighted by Crippen LogP contribution is 2.32. The molecule has 4 nitrogen and oxygen atoms in total. The molecule has 1 fully saturated rings. The third-order valence-electron chi connectivity index (χ3n) is 4.40. The molecule has 0 radical (unpaired) electrons. The summed E-state index contributed by atoms with van der Waals surface area (Å²) in [6.45, 7) is 4.64. The summed E-state index contributed by atoms with van der Waals surface area (Å²) in [6, 6.07) is 8.32. The minimum atomic E-state index is -0.192. The van der Waals surface area contributed by atoms with Crippen LogP contribution >= 0.6 is 0 Å². The van der Waals surface area contributed by atoms with Crippen LogP contribution in [-0.4, -0.2) is 19.1 Å². The van der Waals surface area contributed by atoms with Gasteiger partial charge in [0.05, 0.1) is 0 Å². The third-order valence-corrected chi connectivity index (χ3v) is 4.40. The lowest BCUT2D eigenvalue weighted by molar-refractivity contribution is 0.253. The van der Waals surface area contributed by atoms with Crippen molar-refractivity contribution >= 4 is 17.4 Å². The molecule has 0 aromatic heterocycles. The maximum Gasteiger partial charge on any atom is 0.318 e. The van der Waals surface area contributed by atoms with Crippen LogP contribution in [0.15, 0.2) is 24.3 Å². The summed E-state index contributed by atoms with van der Waals surface area (Å²) >= 11 is 0. The van der Waals surface area contributed by atoms with Gasteiger partial charge in [-0.2, -0.15) is 0 Å². The van der Waals surface area contributed by atoms with Crippen LogP contribution in [0.2, 0.25) is 0 Å². The van der Waals surface area contributed by atoms with Crippen LogP contribution in [0.4, 0.5) is 16.2 Å². The van der Waals surface area contributed by atoms with Crippen molar-refractivity contribution in [1.82, 2.24) is 5.32 Å². The number of nitrogens with one attached hydrogen (secondary N) is 3. The standard InChI is InChI=1S/C17H27N3O/c1-12(2)15-6-4-5-7-16(15)19-13-8-10-14(11-9-13)20-17(21)18-3/h8-12,15-16,19H,4-7H2,1-3H3,(H2,18,20,21). The Kier molecular flexibility index (Phi) is 5.48. The van der Waals surface area contributed by atoms with Crippen LogP contribution in [0.25, 0.3) is 0 Å². The molecule has 1 saturated carbocycles. The van der Waals surface area contributed by atoms with Gasteiger partial charge in [0, 0.05) is 24.5 Å². The molecular formula is C17H27N3O. The number of carbonyl (C=O) groups excluding carboxylic acids is 1. The monoisotopic (exact) mass is 289 g/mol. The van der Waals surface area contributed by atoms with Gasteiger partial charge in [-0.05, 0) is 48.9 Å². The van der Waals surface area contributed by atoms with Crippen LogP contribution in [0.3, 0.4) is 0 Å². The lowest BCUT2D eigenvalue weighted by atomic mass is 9.78. The zero-order valence-electron chi connectivity index (χ0n) is 13.3. The Morgan fingerprint density at radius 2 is 1.71 bits per heavy atom. The fourth-order valence-corrected chi connectivity index (χ4v) is 3.19. The largest absolute Gasteiger partial charge is 0.382 e. The van der Waals surface area contributed by atoms with E-state index in [0.717, 1.165) is 23.2 Å². The summed E-state index contributed by atoms with van der Waals surface area (Å²) in [5.41, 5.74) is 1.94. The smallest absolute Gasteiger partial charge is 0.318 e. The topological polar surface area (TPSA) is 53.2 Å². The zero-order chi connectivity index (χ0) is 15.2. The summed E-state index contributed by atoms with van der Waals surface area (Å²) in [7, 11) is 1.61. The average Bonchev–Trinajstić information content (AvgIpc) is 2.49. The molecule has 2 unspecified atom stereocenters. The predicted octanol–water partition coefficient (Wildman–Crippen LogP) is 4.06. The Labute approximate surface area is 127 Å². The molecule has 3 N–H and O–H groups in total. The molecule has 0 heterocycles. The van der Waals surface area contributed by atoms with Gasteiger partial charge >= 0.3 is 6.03 Å². The molecule has 1 aliphatic rings. The number of rotatable bonds is 4. The third kappa shape index (κ3) is 4.38. The van der Waals surface area contributed by atoms with Crippen LogP contribution in [0.1, 0.15) is 39.5 Å². The second kappa shape index (κ2) is 7.34. The van der Waals surface area contributed by atoms with Gasteiger partial charge < -0.3 is 16.0 Å². The Morgan fingerprint density at radius 1 is 1.10 bits per heavy atom. The van der Waals surface area contributed by atoms with Crippen molar-refractivity contribution in [2.24, 2.45) is 11.8 Å². The Morgan fingerprint density at radius 3 is 2.33 bits per heavy atom. The highest BCUT2D eigenvalue weighted by molar-refractivity contribution is 5.89. The maximum absolute atomic E-state index is 11.3. The van der Waals surface area contributed by atoms with Gasteiger partial charge in [-0.25, -0.2) is 4.79 Å². The summed E-state index contributed by atoms with van der Waals surface area (Å²) in [5.74, 6) is 1.47. The van der Waals surface area contributed by atoms with Crippen molar-refractivity contribution in [3.05, 3.63) is 24.3 Å². The lowest BCUT2D eigenvalue weighted by Crippen LogP contribution is -2.35. The molecule has 21 heavy (non-hydrogen) atoms. The van der Waals surface area contributed by atoms with E-state index in [1.165, 1.54) is 25.7 Å². The number of hydrogen-bond acceptors (Lipinski definition) is 2. The maximum atomic E-state index is 11.3. The number of carbonyl (C=O) groups is 1. The summed E-state index contributed by atoms with van der Waals surface area (Å²) in [6.07, 6.45) is 5.25. The highest BCUT2D eigenvalue weighted by Gasteiger charge is 2.27. The minimum absolute atomic E-state index is 0.192. The van der Waals surface area contributed by atoms with Crippen molar-refractivity contribution in [2.45, 2.75) is 45.6 Å². The number of anilines is 2. The molecule has 4 heteroatoms. The van der Waals surface area contributed by atoms with Crippen LogP contribution in [0, 0.1) is 11.8 Å².